The molecule has 1 saturated heterocycles. The molecule has 1 heterocycles. The number of hydrogen-bond acceptors (Lipinski definition) is 6. The SMILES string of the molecule is CC(C)(C)OC[C@H](NC(=O)C1C[C@@H](O)CN1C(=O)OC(C)(C)C)C(=O)O. The number of rotatable bonds is 5. The number of hydrogen-bond donors (Lipinski definition) is 3. The predicted molar refractivity (Wildman–Crippen MR) is 92.6 cm³/mol. The lowest BCUT2D eigenvalue weighted by Gasteiger charge is -2.29. The van der Waals surface area contributed by atoms with Gasteiger partial charge >= 0.3 is 12.1 Å². The number of aliphatic carboxylic acids is 1. The maximum absolute atomic E-state index is 12.5. The predicted octanol–water partition coefficient (Wildman–Crippen LogP) is 0.741. The summed E-state index contributed by atoms with van der Waals surface area (Å²) in [4.78, 5) is 37.3. The number of carboxylic acids is 1. The van der Waals surface area contributed by atoms with E-state index in [1.807, 2.05) is 0 Å². The van der Waals surface area contributed by atoms with Crippen molar-refractivity contribution in [3.05, 3.63) is 0 Å². The fraction of sp³-hybridized carbons (Fsp3) is 0.824. The lowest BCUT2D eigenvalue weighted by Crippen LogP contribution is -2.53. The van der Waals surface area contributed by atoms with Gasteiger partial charge in [-0.2, -0.15) is 0 Å². The van der Waals surface area contributed by atoms with E-state index in [0.717, 1.165) is 4.90 Å². The summed E-state index contributed by atoms with van der Waals surface area (Å²) in [5.41, 5.74) is -1.32. The van der Waals surface area contributed by atoms with Crippen molar-refractivity contribution < 1.29 is 34.1 Å². The van der Waals surface area contributed by atoms with E-state index in [4.69, 9.17) is 9.47 Å². The zero-order valence-electron chi connectivity index (χ0n) is 16.2. The molecule has 26 heavy (non-hydrogen) atoms. The summed E-state index contributed by atoms with van der Waals surface area (Å²) in [5, 5.41) is 21.5. The van der Waals surface area contributed by atoms with Crippen LogP contribution >= 0.6 is 0 Å². The van der Waals surface area contributed by atoms with Gasteiger partial charge in [0.2, 0.25) is 5.91 Å². The Morgan fingerprint density at radius 1 is 1.15 bits per heavy atom. The summed E-state index contributed by atoms with van der Waals surface area (Å²) in [6.45, 7) is 10.1. The van der Waals surface area contributed by atoms with Gasteiger partial charge in [-0.3, -0.25) is 9.69 Å². The van der Waals surface area contributed by atoms with Gasteiger partial charge in [0.15, 0.2) is 6.04 Å². The highest BCUT2D eigenvalue weighted by atomic mass is 16.6. The highest BCUT2D eigenvalue weighted by molar-refractivity contribution is 5.89. The molecule has 3 atom stereocenters. The number of likely N-dealkylation sites (tertiary alicyclic amines) is 1. The van der Waals surface area contributed by atoms with Gasteiger partial charge in [0.1, 0.15) is 11.6 Å². The Kier molecular flexibility index (Phi) is 7.01. The van der Waals surface area contributed by atoms with Gasteiger partial charge < -0.3 is 25.0 Å². The second-order valence-electron chi connectivity index (χ2n) is 8.36. The zero-order chi connectivity index (χ0) is 20.3. The molecule has 1 aliphatic heterocycles. The lowest BCUT2D eigenvalue weighted by atomic mass is 10.1. The normalized spacial score (nSPS) is 22.0. The first-order valence-corrected chi connectivity index (χ1v) is 8.54. The number of nitrogens with one attached hydrogen (secondary N) is 1. The van der Waals surface area contributed by atoms with E-state index in [-0.39, 0.29) is 19.6 Å². The molecule has 9 nitrogen and oxygen atoms in total. The third kappa shape index (κ3) is 7.17. The molecule has 3 N–H and O–H groups in total. The molecule has 1 aliphatic rings. The molecule has 0 spiro atoms. The van der Waals surface area contributed by atoms with Crippen LogP contribution < -0.4 is 5.32 Å². The lowest BCUT2D eigenvalue weighted by molar-refractivity contribution is -0.146. The molecule has 2 amide bonds. The zero-order valence-corrected chi connectivity index (χ0v) is 16.2. The Balaban J connectivity index is 2.80. The summed E-state index contributed by atoms with van der Waals surface area (Å²) in [5.74, 6) is -1.91. The molecule has 0 aromatic rings. The van der Waals surface area contributed by atoms with Crippen LogP contribution in [-0.4, -0.2) is 75.6 Å². The Bertz CT molecular complexity index is 536. The van der Waals surface area contributed by atoms with Gasteiger partial charge in [0.05, 0.1) is 24.9 Å². The largest absolute Gasteiger partial charge is 0.480 e. The molecule has 0 aliphatic carbocycles. The molecular formula is C17H30N2O7. The average molecular weight is 374 g/mol. The van der Waals surface area contributed by atoms with E-state index in [2.05, 4.69) is 5.32 Å². The molecule has 9 heteroatoms. The average Bonchev–Trinajstić information content (AvgIpc) is 2.82. The minimum absolute atomic E-state index is 0.0115. The van der Waals surface area contributed by atoms with Crippen molar-refractivity contribution in [1.29, 1.82) is 0 Å². The summed E-state index contributed by atoms with van der Waals surface area (Å²) >= 11 is 0. The maximum Gasteiger partial charge on any atom is 0.411 e. The van der Waals surface area contributed by atoms with Crippen molar-refractivity contribution in [3.8, 4) is 0 Å². The number of carboxylic acid groups (broad SMARTS) is 1. The van der Waals surface area contributed by atoms with E-state index in [1.54, 1.807) is 41.5 Å². The number of carbonyl (C=O) groups excluding carboxylic acids is 2. The van der Waals surface area contributed by atoms with Crippen LogP contribution in [0, 0.1) is 0 Å². The number of nitrogens with zero attached hydrogens (tertiary/aromatic N) is 1. The molecule has 0 aromatic heterocycles. The van der Waals surface area contributed by atoms with Crippen molar-refractivity contribution in [2.75, 3.05) is 13.2 Å². The standard InChI is InChI=1S/C17H30N2O7/c1-16(2,3)25-9-11(14(22)23)18-13(21)12-7-10(20)8-19(12)15(24)26-17(4,5)6/h10-12,20H,7-9H2,1-6H3,(H,18,21)(H,22,23)/t10-,11+,12?/m1/s1. The van der Waals surface area contributed by atoms with Gasteiger partial charge in [-0.05, 0) is 41.5 Å². The quantitative estimate of drug-likeness (QED) is 0.648. The van der Waals surface area contributed by atoms with Crippen LogP contribution in [0.5, 0.6) is 0 Å². The monoisotopic (exact) mass is 374 g/mol. The van der Waals surface area contributed by atoms with Crippen LogP contribution in [0.4, 0.5) is 4.79 Å². The minimum atomic E-state index is -1.26. The van der Waals surface area contributed by atoms with Crippen molar-refractivity contribution in [3.63, 3.8) is 0 Å². The van der Waals surface area contributed by atoms with E-state index in [0.29, 0.717) is 0 Å². The van der Waals surface area contributed by atoms with Crippen LogP contribution in [0.25, 0.3) is 0 Å². The molecule has 0 aromatic carbocycles. The number of aliphatic hydroxyl groups excluding tert-OH is 1. The first-order chi connectivity index (χ1) is 11.7. The maximum atomic E-state index is 12.5. The Labute approximate surface area is 153 Å². The van der Waals surface area contributed by atoms with Crippen molar-refractivity contribution in [2.24, 2.45) is 0 Å². The van der Waals surface area contributed by atoms with Crippen LogP contribution in [-0.2, 0) is 19.1 Å². The first-order valence-electron chi connectivity index (χ1n) is 8.54. The van der Waals surface area contributed by atoms with Gasteiger partial charge in [0, 0.05) is 6.42 Å². The summed E-state index contributed by atoms with van der Waals surface area (Å²) in [7, 11) is 0. The number of amides is 2. The van der Waals surface area contributed by atoms with Crippen molar-refractivity contribution >= 4 is 18.0 Å². The fourth-order valence-corrected chi connectivity index (χ4v) is 2.36. The van der Waals surface area contributed by atoms with Crippen molar-refractivity contribution in [2.45, 2.75) is 77.4 Å². The second kappa shape index (κ2) is 8.22. The van der Waals surface area contributed by atoms with E-state index >= 15 is 0 Å². The molecule has 150 valence electrons. The number of ether oxygens (including phenoxy) is 2. The van der Waals surface area contributed by atoms with Crippen LogP contribution in [0.2, 0.25) is 0 Å². The number of carbonyl (C=O) groups is 3. The molecule has 0 saturated carbocycles. The number of aliphatic hydroxyl groups is 1. The van der Waals surface area contributed by atoms with E-state index in [1.165, 1.54) is 0 Å². The smallest absolute Gasteiger partial charge is 0.411 e. The van der Waals surface area contributed by atoms with Crippen LogP contribution in [0.3, 0.4) is 0 Å². The minimum Gasteiger partial charge on any atom is -0.480 e. The first kappa shape index (κ1) is 22.2. The Hall–Kier alpha value is -1.87. The number of β-amino-alcohol motifs (C(OH)–C–C–N with tert-alkyl or cyclic N) is 1. The van der Waals surface area contributed by atoms with Gasteiger partial charge in [-0.15, -0.1) is 0 Å². The third-order valence-electron chi connectivity index (χ3n) is 3.51. The molecular weight excluding hydrogens is 344 g/mol. The summed E-state index contributed by atoms with van der Waals surface area (Å²) in [6, 6.07) is -2.27. The molecule has 0 bridgehead atoms. The summed E-state index contributed by atoms with van der Waals surface area (Å²) in [6.07, 6.45) is -1.60. The van der Waals surface area contributed by atoms with E-state index < -0.39 is 47.4 Å². The fourth-order valence-electron chi connectivity index (χ4n) is 2.36. The topological polar surface area (TPSA) is 125 Å². The van der Waals surface area contributed by atoms with Crippen LogP contribution in [0.15, 0.2) is 0 Å². The van der Waals surface area contributed by atoms with Crippen LogP contribution in [0.1, 0.15) is 48.0 Å². The van der Waals surface area contributed by atoms with Crippen molar-refractivity contribution in [1.82, 2.24) is 10.2 Å². The van der Waals surface area contributed by atoms with Gasteiger partial charge in [0.25, 0.3) is 0 Å². The molecule has 1 fully saturated rings. The van der Waals surface area contributed by atoms with E-state index in [9.17, 15) is 24.6 Å². The summed E-state index contributed by atoms with van der Waals surface area (Å²) < 4.78 is 10.7. The molecule has 1 unspecified atom stereocenters. The highest BCUT2D eigenvalue weighted by Crippen LogP contribution is 2.21. The Morgan fingerprint density at radius 3 is 2.19 bits per heavy atom. The second-order valence-corrected chi connectivity index (χ2v) is 8.36. The molecule has 0 radical (unpaired) electrons. The van der Waals surface area contributed by atoms with Gasteiger partial charge in [-0.25, -0.2) is 9.59 Å². The molecule has 1 rings (SSSR count). The van der Waals surface area contributed by atoms with Gasteiger partial charge in [-0.1, -0.05) is 0 Å². The Morgan fingerprint density at radius 2 is 1.73 bits per heavy atom. The highest BCUT2D eigenvalue weighted by Gasteiger charge is 2.42. The third-order valence-corrected chi connectivity index (χ3v) is 3.51.